The first-order chi connectivity index (χ1) is 12.9. The number of halogens is 2. The van der Waals surface area contributed by atoms with Crippen molar-refractivity contribution >= 4 is 33.2 Å². The van der Waals surface area contributed by atoms with Crippen LogP contribution in [0.1, 0.15) is 36.0 Å². The van der Waals surface area contributed by atoms with E-state index in [1.54, 1.807) is 0 Å². The fourth-order valence-electron chi connectivity index (χ4n) is 3.01. The molecule has 5 nitrogen and oxygen atoms in total. The number of hydrogen-bond acceptors (Lipinski definition) is 3. The van der Waals surface area contributed by atoms with Crippen molar-refractivity contribution in [1.29, 1.82) is 0 Å². The van der Waals surface area contributed by atoms with Gasteiger partial charge in [0.05, 0.1) is 9.92 Å². The van der Waals surface area contributed by atoms with E-state index in [1.807, 2.05) is 0 Å². The lowest BCUT2D eigenvalue weighted by Crippen LogP contribution is -2.32. The van der Waals surface area contributed by atoms with Gasteiger partial charge in [-0.05, 0) is 49.2 Å². The molecule has 1 N–H and O–H groups in total. The second-order valence-corrected chi connectivity index (χ2v) is 8.77. The lowest BCUT2D eigenvalue weighted by Gasteiger charge is -2.20. The van der Waals surface area contributed by atoms with Gasteiger partial charge in [0.15, 0.2) is 0 Å². The molecule has 27 heavy (non-hydrogen) atoms. The Hall–Kier alpha value is -1.96. The molecule has 0 saturated carbocycles. The summed E-state index contributed by atoms with van der Waals surface area (Å²) in [6, 6.07) is 9.76. The van der Waals surface area contributed by atoms with E-state index >= 15 is 0 Å². The van der Waals surface area contributed by atoms with E-state index < -0.39 is 21.7 Å². The summed E-state index contributed by atoms with van der Waals surface area (Å²) >= 11 is 5.72. The lowest BCUT2D eigenvalue weighted by molar-refractivity contribution is 0.102. The quantitative estimate of drug-likeness (QED) is 0.817. The van der Waals surface area contributed by atoms with Gasteiger partial charge < -0.3 is 5.32 Å². The summed E-state index contributed by atoms with van der Waals surface area (Å²) in [4.78, 5) is 12.6. The molecule has 0 aliphatic carbocycles. The van der Waals surface area contributed by atoms with Crippen molar-refractivity contribution < 1.29 is 17.6 Å². The first kappa shape index (κ1) is 19.8. The van der Waals surface area contributed by atoms with Crippen LogP contribution in [0.25, 0.3) is 0 Å². The molecule has 1 fully saturated rings. The molecule has 1 aliphatic heterocycles. The van der Waals surface area contributed by atoms with Gasteiger partial charge in [0.25, 0.3) is 5.91 Å². The van der Waals surface area contributed by atoms with Gasteiger partial charge in [-0.3, -0.25) is 4.79 Å². The van der Waals surface area contributed by atoms with E-state index in [0.717, 1.165) is 31.7 Å². The Morgan fingerprint density at radius 1 is 1.04 bits per heavy atom. The molecular weight excluding hydrogens is 391 g/mol. The van der Waals surface area contributed by atoms with E-state index in [4.69, 9.17) is 11.6 Å². The minimum atomic E-state index is -3.64. The third kappa shape index (κ3) is 4.66. The Kier molecular flexibility index (Phi) is 6.14. The van der Waals surface area contributed by atoms with Gasteiger partial charge in [-0.1, -0.05) is 30.5 Å². The second kappa shape index (κ2) is 8.37. The average Bonchev–Trinajstić information content (AvgIpc) is 2.95. The van der Waals surface area contributed by atoms with E-state index in [-0.39, 0.29) is 15.5 Å². The molecule has 1 saturated heterocycles. The third-order valence-electron chi connectivity index (χ3n) is 4.48. The van der Waals surface area contributed by atoms with Gasteiger partial charge in [-0.25, -0.2) is 12.8 Å². The zero-order chi connectivity index (χ0) is 19.4. The summed E-state index contributed by atoms with van der Waals surface area (Å²) in [5.41, 5.74) is 0.526. The normalized spacial score (nSPS) is 15.9. The number of amides is 1. The Labute approximate surface area is 163 Å². The third-order valence-corrected chi connectivity index (χ3v) is 6.66. The highest BCUT2D eigenvalue weighted by molar-refractivity contribution is 7.89. The summed E-state index contributed by atoms with van der Waals surface area (Å²) in [7, 11) is -3.64. The standard InChI is InChI=1S/C19H20ClFN2O3S/c20-17-13-15(8-9-18(17)21)22-19(24)14-6-5-7-16(12-14)27(25,26)23-10-3-1-2-4-11-23/h5-9,12-13H,1-4,10-11H2,(H,22,24). The zero-order valence-electron chi connectivity index (χ0n) is 14.6. The molecule has 0 radical (unpaired) electrons. The van der Waals surface area contributed by atoms with Crippen molar-refractivity contribution in [3.8, 4) is 0 Å². The second-order valence-electron chi connectivity index (χ2n) is 6.43. The van der Waals surface area contributed by atoms with Crippen LogP contribution in [0.15, 0.2) is 47.4 Å². The Morgan fingerprint density at radius 3 is 2.41 bits per heavy atom. The van der Waals surface area contributed by atoms with Crippen LogP contribution >= 0.6 is 11.6 Å². The maximum atomic E-state index is 13.2. The molecule has 1 heterocycles. The molecule has 1 amide bonds. The molecule has 1 aliphatic rings. The molecule has 2 aromatic carbocycles. The van der Waals surface area contributed by atoms with Crippen molar-refractivity contribution in [3.63, 3.8) is 0 Å². The number of anilines is 1. The van der Waals surface area contributed by atoms with Crippen molar-refractivity contribution in [2.75, 3.05) is 18.4 Å². The Morgan fingerprint density at radius 2 is 1.74 bits per heavy atom. The number of sulfonamides is 1. The van der Waals surface area contributed by atoms with Crippen LogP contribution in [-0.4, -0.2) is 31.7 Å². The van der Waals surface area contributed by atoms with Gasteiger partial charge in [-0.15, -0.1) is 0 Å². The van der Waals surface area contributed by atoms with Gasteiger partial charge in [-0.2, -0.15) is 4.31 Å². The SMILES string of the molecule is O=C(Nc1ccc(F)c(Cl)c1)c1cccc(S(=O)(=O)N2CCCCCC2)c1. The number of hydrogen-bond donors (Lipinski definition) is 1. The highest BCUT2D eigenvalue weighted by atomic mass is 35.5. The highest BCUT2D eigenvalue weighted by Crippen LogP contribution is 2.23. The van der Waals surface area contributed by atoms with Gasteiger partial charge in [0.2, 0.25) is 10.0 Å². The van der Waals surface area contributed by atoms with Crippen molar-refractivity contribution in [2.24, 2.45) is 0 Å². The molecule has 2 aromatic rings. The minimum absolute atomic E-state index is 0.0918. The number of benzene rings is 2. The number of carbonyl (C=O) groups is 1. The first-order valence-corrected chi connectivity index (χ1v) is 10.6. The first-order valence-electron chi connectivity index (χ1n) is 8.74. The number of carbonyl (C=O) groups excluding carboxylic acids is 1. The number of nitrogens with one attached hydrogen (secondary N) is 1. The van der Waals surface area contributed by atoms with Crippen LogP contribution in [0.3, 0.4) is 0 Å². The Balaban J connectivity index is 1.81. The fourth-order valence-corrected chi connectivity index (χ4v) is 4.75. The molecule has 0 unspecified atom stereocenters. The largest absolute Gasteiger partial charge is 0.322 e. The van der Waals surface area contributed by atoms with E-state index in [2.05, 4.69) is 5.32 Å². The molecule has 144 valence electrons. The van der Waals surface area contributed by atoms with Crippen LogP contribution in [-0.2, 0) is 10.0 Å². The molecule has 0 aromatic heterocycles. The van der Waals surface area contributed by atoms with Gasteiger partial charge in [0.1, 0.15) is 5.82 Å². The van der Waals surface area contributed by atoms with Crippen LogP contribution in [0.4, 0.5) is 10.1 Å². The van der Waals surface area contributed by atoms with Crippen LogP contribution in [0, 0.1) is 5.82 Å². The summed E-state index contributed by atoms with van der Waals surface area (Å²) in [6.45, 7) is 0.986. The fraction of sp³-hybridized carbons (Fsp3) is 0.316. The highest BCUT2D eigenvalue weighted by Gasteiger charge is 2.25. The van der Waals surface area contributed by atoms with E-state index in [9.17, 15) is 17.6 Å². The van der Waals surface area contributed by atoms with Crippen LogP contribution < -0.4 is 5.32 Å². The maximum absolute atomic E-state index is 13.2. The lowest BCUT2D eigenvalue weighted by atomic mass is 10.2. The predicted molar refractivity (Wildman–Crippen MR) is 103 cm³/mol. The molecule has 0 atom stereocenters. The smallest absolute Gasteiger partial charge is 0.255 e. The van der Waals surface area contributed by atoms with Crippen molar-refractivity contribution in [2.45, 2.75) is 30.6 Å². The number of nitrogens with zero attached hydrogens (tertiary/aromatic N) is 1. The maximum Gasteiger partial charge on any atom is 0.255 e. The summed E-state index contributed by atoms with van der Waals surface area (Å²) < 4.78 is 40.5. The molecular formula is C19H20ClFN2O3S. The molecule has 0 bridgehead atoms. The van der Waals surface area contributed by atoms with Gasteiger partial charge >= 0.3 is 0 Å². The van der Waals surface area contributed by atoms with E-state index in [1.165, 1.54) is 40.7 Å². The van der Waals surface area contributed by atoms with Gasteiger partial charge in [0, 0.05) is 24.3 Å². The summed E-state index contributed by atoms with van der Waals surface area (Å²) in [5, 5.41) is 2.49. The monoisotopic (exact) mass is 410 g/mol. The topological polar surface area (TPSA) is 66.5 Å². The molecule has 8 heteroatoms. The predicted octanol–water partition coefficient (Wildman–Crippen LogP) is 4.30. The molecule has 0 spiro atoms. The van der Waals surface area contributed by atoms with Crippen LogP contribution in [0.5, 0.6) is 0 Å². The van der Waals surface area contributed by atoms with Crippen LogP contribution in [0.2, 0.25) is 5.02 Å². The summed E-state index contributed by atoms with van der Waals surface area (Å²) in [6.07, 6.45) is 3.72. The Bertz CT molecular complexity index is 942. The molecule has 3 rings (SSSR count). The van der Waals surface area contributed by atoms with E-state index in [0.29, 0.717) is 18.8 Å². The minimum Gasteiger partial charge on any atom is -0.322 e. The van der Waals surface area contributed by atoms with Crippen molar-refractivity contribution in [3.05, 3.63) is 58.9 Å². The average molecular weight is 411 g/mol. The number of rotatable bonds is 4. The van der Waals surface area contributed by atoms with Crippen molar-refractivity contribution in [1.82, 2.24) is 4.31 Å². The zero-order valence-corrected chi connectivity index (χ0v) is 16.2. The summed E-state index contributed by atoms with van der Waals surface area (Å²) in [5.74, 6) is -1.08.